The van der Waals surface area contributed by atoms with Gasteiger partial charge < -0.3 is 4.74 Å². The highest BCUT2D eigenvalue weighted by Gasteiger charge is 2.19. The first-order chi connectivity index (χ1) is 9.69. The molecule has 0 fully saturated rings. The monoisotopic (exact) mass is 272 g/mol. The molecule has 0 N–H and O–H groups in total. The maximum absolute atomic E-state index is 13.6. The van der Waals surface area contributed by atoms with Gasteiger partial charge >= 0.3 is 0 Å². The molecule has 3 nitrogen and oxygen atoms in total. The van der Waals surface area contributed by atoms with Gasteiger partial charge in [-0.2, -0.15) is 9.65 Å². The fourth-order valence-electron chi connectivity index (χ4n) is 2.28. The minimum atomic E-state index is -1.08. The van der Waals surface area contributed by atoms with Gasteiger partial charge in [-0.3, -0.25) is 0 Å². The fraction of sp³-hybridized carbons (Fsp3) is 0.200. The summed E-state index contributed by atoms with van der Waals surface area (Å²) >= 11 is 0. The Labute approximate surface area is 114 Å². The second-order valence-corrected chi connectivity index (χ2v) is 4.57. The number of nitriles is 1. The Bertz CT molecular complexity index is 723. The molecule has 20 heavy (non-hydrogen) atoms. The van der Waals surface area contributed by atoms with Gasteiger partial charge in [0.25, 0.3) is 0 Å². The standard InChI is InChI=1S/C15H10F2N2O/c16-11-4-2-6-13(14(11)17)20-15-10(8-18)7-9-3-1-5-12(9)19-15/h2,4,6-7H,1,3,5H2. The van der Waals surface area contributed by atoms with Crippen molar-refractivity contribution in [3.8, 4) is 17.7 Å². The number of aryl methyl sites for hydroxylation is 2. The highest BCUT2D eigenvalue weighted by molar-refractivity contribution is 5.46. The van der Waals surface area contributed by atoms with Crippen molar-refractivity contribution in [1.29, 1.82) is 5.26 Å². The largest absolute Gasteiger partial charge is 0.434 e. The summed E-state index contributed by atoms with van der Waals surface area (Å²) in [6, 6.07) is 7.33. The Balaban J connectivity index is 2.03. The van der Waals surface area contributed by atoms with Gasteiger partial charge in [-0.05, 0) is 43.0 Å². The van der Waals surface area contributed by atoms with Crippen molar-refractivity contribution in [3.63, 3.8) is 0 Å². The molecule has 0 unspecified atom stereocenters. The summed E-state index contributed by atoms with van der Waals surface area (Å²) in [5, 5.41) is 9.11. The number of pyridine rings is 1. The van der Waals surface area contributed by atoms with Crippen molar-refractivity contribution >= 4 is 0 Å². The zero-order valence-electron chi connectivity index (χ0n) is 10.5. The molecule has 1 aliphatic carbocycles. The average molecular weight is 272 g/mol. The maximum Gasteiger partial charge on any atom is 0.237 e. The summed E-state index contributed by atoms with van der Waals surface area (Å²) in [6.45, 7) is 0. The Hall–Kier alpha value is -2.48. The first kappa shape index (κ1) is 12.5. The summed E-state index contributed by atoms with van der Waals surface area (Å²) in [7, 11) is 0. The lowest BCUT2D eigenvalue weighted by atomic mass is 10.1. The van der Waals surface area contributed by atoms with Crippen molar-refractivity contribution in [2.24, 2.45) is 0 Å². The van der Waals surface area contributed by atoms with Crippen LogP contribution in [0.5, 0.6) is 11.6 Å². The van der Waals surface area contributed by atoms with Gasteiger partial charge in [-0.15, -0.1) is 0 Å². The van der Waals surface area contributed by atoms with E-state index < -0.39 is 11.6 Å². The van der Waals surface area contributed by atoms with E-state index in [1.807, 2.05) is 6.07 Å². The third-order valence-corrected chi connectivity index (χ3v) is 3.26. The van der Waals surface area contributed by atoms with Crippen LogP contribution in [0.2, 0.25) is 0 Å². The van der Waals surface area contributed by atoms with Crippen LogP contribution in [0.25, 0.3) is 0 Å². The second-order valence-electron chi connectivity index (χ2n) is 4.57. The molecule has 1 heterocycles. The van der Waals surface area contributed by atoms with E-state index in [1.165, 1.54) is 12.1 Å². The number of hydrogen-bond donors (Lipinski definition) is 0. The predicted molar refractivity (Wildman–Crippen MR) is 67.4 cm³/mol. The zero-order valence-corrected chi connectivity index (χ0v) is 10.5. The lowest BCUT2D eigenvalue weighted by Crippen LogP contribution is -1.99. The highest BCUT2D eigenvalue weighted by atomic mass is 19.2. The molecular weight excluding hydrogens is 262 g/mol. The van der Waals surface area contributed by atoms with Gasteiger partial charge in [0.15, 0.2) is 11.6 Å². The topological polar surface area (TPSA) is 45.9 Å². The van der Waals surface area contributed by atoms with Gasteiger partial charge in [0.1, 0.15) is 11.6 Å². The van der Waals surface area contributed by atoms with Crippen molar-refractivity contribution in [3.05, 3.63) is 52.7 Å². The van der Waals surface area contributed by atoms with Crippen LogP contribution in [-0.2, 0) is 12.8 Å². The molecule has 1 aromatic heterocycles. The molecule has 100 valence electrons. The van der Waals surface area contributed by atoms with Crippen molar-refractivity contribution in [2.75, 3.05) is 0 Å². The number of hydrogen-bond acceptors (Lipinski definition) is 3. The van der Waals surface area contributed by atoms with Gasteiger partial charge in [0, 0.05) is 5.69 Å². The van der Waals surface area contributed by atoms with E-state index in [-0.39, 0.29) is 17.2 Å². The molecular formula is C15H10F2N2O. The van der Waals surface area contributed by atoms with Crippen LogP contribution in [0.15, 0.2) is 24.3 Å². The van der Waals surface area contributed by atoms with E-state index in [0.29, 0.717) is 0 Å². The van der Waals surface area contributed by atoms with E-state index in [2.05, 4.69) is 4.98 Å². The van der Waals surface area contributed by atoms with Crippen LogP contribution in [0.4, 0.5) is 8.78 Å². The first-order valence-electron chi connectivity index (χ1n) is 6.24. The van der Waals surface area contributed by atoms with Gasteiger partial charge in [0.2, 0.25) is 11.7 Å². The molecule has 1 aromatic carbocycles. The fourth-order valence-corrected chi connectivity index (χ4v) is 2.28. The molecule has 0 atom stereocenters. The van der Waals surface area contributed by atoms with Crippen LogP contribution >= 0.6 is 0 Å². The molecule has 0 amide bonds. The lowest BCUT2D eigenvalue weighted by Gasteiger charge is -2.09. The molecule has 0 aliphatic heterocycles. The molecule has 3 rings (SSSR count). The highest BCUT2D eigenvalue weighted by Crippen LogP contribution is 2.30. The van der Waals surface area contributed by atoms with E-state index in [4.69, 9.17) is 10.00 Å². The minimum Gasteiger partial charge on any atom is -0.434 e. The Morgan fingerprint density at radius 2 is 2.10 bits per heavy atom. The lowest BCUT2D eigenvalue weighted by molar-refractivity contribution is 0.403. The smallest absolute Gasteiger partial charge is 0.237 e. The number of benzene rings is 1. The van der Waals surface area contributed by atoms with E-state index in [0.717, 1.165) is 36.6 Å². The van der Waals surface area contributed by atoms with Gasteiger partial charge in [0.05, 0.1) is 0 Å². The number of fused-ring (bicyclic) bond motifs is 1. The molecule has 0 spiro atoms. The van der Waals surface area contributed by atoms with E-state index in [9.17, 15) is 8.78 Å². The SMILES string of the molecule is N#Cc1cc2c(nc1Oc1cccc(F)c1F)CCC2. The summed E-state index contributed by atoms with van der Waals surface area (Å²) in [5.74, 6) is -2.33. The number of rotatable bonds is 2. The molecule has 0 saturated carbocycles. The van der Waals surface area contributed by atoms with Crippen molar-refractivity contribution in [2.45, 2.75) is 19.3 Å². The first-order valence-corrected chi connectivity index (χ1v) is 6.24. The molecule has 0 bridgehead atoms. The van der Waals surface area contributed by atoms with Crippen LogP contribution in [0.3, 0.4) is 0 Å². The molecule has 1 aliphatic rings. The summed E-state index contributed by atoms with van der Waals surface area (Å²) in [6.07, 6.45) is 2.67. The number of ether oxygens (including phenoxy) is 1. The van der Waals surface area contributed by atoms with Crippen molar-refractivity contribution in [1.82, 2.24) is 4.98 Å². The molecule has 0 saturated heterocycles. The molecule has 5 heteroatoms. The maximum atomic E-state index is 13.6. The Morgan fingerprint density at radius 3 is 2.90 bits per heavy atom. The van der Waals surface area contributed by atoms with Crippen LogP contribution in [0.1, 0.15) is 23.2 Å². The predicted octanol–water partition coefficient (Wildman–Crippen LogP) is 3.51. The summed E-state index contributed by atoms with van der Waals surface area (Å²) < 4.78 is 32.0. The van der Waals surface area contributed by atoms with E-state index in [1.54, 1.807) is 6.07 Å². The molecule has 2 aromatic rings. The normalized spacial score (nSPS) is 12.8. The second kappa shape index (κ2) is 4.89. The number of aromatic nitrogens is 1. The average Bonchev–Trinajstić information content (AvgIpc) is 2.90. The molecule has 0 radical (unpaired) electrons. The van der Waals surface area contributed by atoms with Crippen LogP contribution in [0, 0.1) is 23.0 Å². The zero-order chi connectivity index (χ0) is 14.1. The van der Waals surface area contributed by atoms with Crippen LogP contribution in [-0.4, -0.2) is 4.98 Å². The van der Waals surface area contributed by atoms with Crippen LogP contribution < -0.4 is 4.74 Å². The Morgan fingerprint density at radius 1 is 1.25 bits per heavy atom. The van der Waals surface area contributed by atoms with Crippen molar-refractivity contribution < 1.29 is 13.5 Å². The minimum absolute atomic E-state index is 0.0256. The number of halogens is 2. The quantitative estimate of drug-likeness (QED) is 0.840. The summed E-state index contributed by atoms with van der Waals surface area (Å²) in [4.78, 5) is 4.26. The third-order valence-electron chi connectivity index (χ3n) is 3.26. The van der Waals surface area contributed by atoms with Gasteiger partial charge in [-0.25, -0.2) is 9.37 Å². The summed E-state index contributed by atoms with van der Waals surface area (Å²) in [5.41, 5.74) is 2.11. The van der Waals surface area contributed by atoms with Gasteiger partial charge in [-0.1, -0.05) is 6.07 Å². The third kappa shape index (κ3) is 2.10. The Kier molecular flexibility index (Phi) is 3.07. The van der Waals surface area contributed by atoms with E-state index >= 15 is 0 Å². The number of nitrogens with zero attached hydrogens (tertiary/aromatic N) is 2.